The molecular formula is C21H19N3. The van der Waals surface area contributed by atoms with Crippen LogP contribution >= 0.6 is 0 Å². The van der Waals surface area contributed by atoms with Crippen molar-refractivity contribution in [1.29, 1.82) is 0 Å². The Kier molecular flexibility index (Phi) is 2.89. The van der Waals surface area contributed by atoms with Crippen LogP contribution in [-0.4, -0.2) is 23.1 Å². The third-order valence-electron chi connectivity index (χ3n) is 5.01. The van der Waals surface area contributed by atoms with Crippen LogP contribution in [0.25, 0.3) is 33.1 Å². The number of hydrogen-bond donors (Lipinski definition) is 1. The van der Waals surface area contributed by atoms with Crippen LogP contribution in [-0.2, 0) is 0 Å². The Hall–Kier alpha value is -2.81. The third kappa shape index (κ3) is 2.16. The Morgan fingerprint density at radius 3 is 2.75 bits per heavy atom. The van der Waals surface area contributed by atoms with Gasteiger partial charge in [0.2, 0.25) is 0 Å². The summed E-state index contributed by atoms with van der Waals surface area (Å²) < 4.78 is 0. The van der Waals surface area contributed by atoms with E-state index < -0.39 is 0 Å². The van der Waals surface area contributed by atoms with Crippen molar-refractivity contribution >= 4 is 27.5 Å². The second-order valence-electron chi connectivity index (χ2n) is 6.67. The van der Waals surface area contributed by atoms with Crippen LogP contribution in [0.5, 0.6) is 0 Å². The molecule has 0 unspecified atom stereocenters. The fraction of sp³-hybridized carbons (Fsp3) is 0.190. The number of anilines is 1. The van der Waals surface area contributed by atoms with Crippen LogP contribution in [0.1, 0.15) is 12.8 Å². The molecular weight excluding hydrogens is 294 g/mol. The molecule has 0 spiro atoms. The summed E-state index contributed by atoms with van der Waals surface area (Å²) in [4.78, 5) is 10.7. The molecule has 3 nitrogen and oxygen atoms in total. The second kappa shape index (κ2) is 5.10. The molecule has 0 amide bonds. The zero-order valence-corrected chi connectivity index (χ0v) is 13.7. The number of nitrogens with zero attached hydrogens (tertiary/aromatic N) is 2. The molecule has 5 rings (SSSR count). The fourth-order valence-electron chi connectivity index (χ4n) is 3.45. The lowest BCUT2D eigenvalue weighted by molar-refractivity contribution is 0.916. The van der Waals surface area contributed by atoms with Crippen molar-refractivity contribution in [1.82, 2.24) is 9.97 Å². The van der Waals surface area contributed by atoms with Crippen LogP contribution in [0.4, 0.5) is 5.69 Å². The largest absolute Gasteiger partial charge is 0.370 e. The number of para-hydroxylation sites is 1. The van der Waals surface area contributed by atoms with Crippen molar-refractivity contribution in [3.8, 4) is 11.3 Å². The van der Waals surface area contributed by atoms with E-state index in [0.717, 1.165) is 16.7 Å². The summed E-state index contributed by atoms with van der Waals surface area (Å²) in [5.74, 6) is 0. The maximum Gasteiger partial charge on any atom is 0.0943 e. The van der Waals surface area contributed by atoms with E-state index in [1.807, 2.05) is 6.20 Å². The summed E-state index contributed by atoms with van der Waals surface area (Å²) >= 11 is 0. The summed E-state index contributed by atoms with van der Waals surface area (Å²) in [7, 11) is 2.20. The molecule has 3 heteroatoms. The average molecular weight is 313 g/mol. The molecule has 2 aromatic carbocycles. The summed E-state index contributed by atoms with van der Waals surface area (Å²) in [5.41, 5.74) is 5.69. The lowest BCUT2D eigenvalue weighted by Crippen LogP contribution is -2.20. The van der Waals surface area contributed by atoms with E-state index in [0.29, 0.717) is 6.04 Å². The second-order valence-corrected chi connectivity index (χ2v) is 6.67. The first kappa shape index (κ1) is 13.6. The number of aromatic amines is 1. The van der Waals surface area contributed by atoms with E-state index in [-0.39, 0.29) is 0 Å². The van der Waals surface area contributed by atoms with Crippen molar-refractivity contribution in [3.63, 3.8) is 0 Å². The van der Waals surface area contributed by atoms with Gasteiger partial charge in [-0.25, -0.2) is 4.98 Å². The van der Waals surface area contributed by atoms with E-state index in [9.17, 15) is 0 Å². The minimum absolute atomic E-state index is 0.655. The number of fused-ring (bicyclic) bond motifs is 2. The van der Waals surface area contributed by atoms with Gasteiger partial charge < -0.3 is 9.88 Å². The molecule has 1 aliphatic carbocycles. The number of benzene rings is 2. The van der Waals surface area contributed by atoms with Crippen LogP contribution in [0.3, 0.4) is 0 Å². The summed E-state index contributed by atoms with van der Waals surface area (Å²) in [6.07, 6.45) is 4.54. The smallest absolute Gasteiger partial charge is 0.0943 e. The fourth-order valence-corrected chi connectivity index (χ4v) is 3.45. The van der Waals surface area contributed by atoms with Gasteiger partial charge in [-0.3, -0.25) is 0 Å². The number of rotatable bonds is 3. The van der Waals surface area contributed by atoms with Gasteiger partial charge in [0.25, 0.3) is 0 Å². The maximum atomic E-state index is 5.02. The lowest BCUT2D eigenvalue weighted by atomic mass is 10.0. The highest BCUT2D eigenvalue weighted by Crippen LogP contribution is 2.38. The van der Waals surface area contributed by atoms with Crippen LogP contribution in [0, 0.1) is 0 Å². The Morgan fingerprint density at radius 2 is 1.88 bits per heavy atom. The Bertz CT molecular complexity index is 1040. The van der Waals surface area contributed by atoms with Gasteiger partial charge in [0.15, 0.2) is 0 Å². The van der Waals surface area contributed by atoms with Crippen LogP contribution in [0.15, 0.2) is 60.8 Å². The number of aromatic nitrogens is 2. The molecule has 118 valence electrons. The van der Waals surface area contributed by atoms with Gasteiger partial charge in [-0.05, 0) is 43.2 Å². The lowest BCUT2D eigenvalue weighted by Gasteiger charge is -2.22. The van der Waals surface area contributed by atoms with Gasteiger partial charge in [0.1, 0.15) is 0 Å². The first-order valence-electron chi connectivity index (χ1n) is 8.50. The van der Waals surface area contributed by atoms with E-state index in [2.05, 4.69) is 71.5 Å². The molecule has 1 N–H and O–H groups in total. The highest BCUT2D eigenvalue weighted by atomic mass is 15.2. The maximum absolute atomic E-state index is 5.02. The predicted octanol–water partition coefficient (Wildman–Crippen LogP) is 4.98. The Morgan fingerprint density at radius 1 is 1.00 bits per heavy atom. The van der Waals surface area contributed by atoms with Gasteiger partial charge in [0.05, 0.1) is 16.9 Å². The highest BCUT2D eigenvalue weighted by Gasteiger charge is 2.28. The van der Waals surface area contributed by atoms with Gasteiger partial charge in [-0.15, -0.1) is 0 Å². The zero-order valence-electron chi connectivity index (χ0n) is 13.7. The van der Waals surface area contributed by atoms with Crippen LogP contribution < -0.4 is 4.90 Å². The number of pyridine rings is 1. The number of nitrogens with one attached hydrogen (secondary N) is 1. The Balaban J connectivity index is 1.76. The van der Waals surface area contributed by atoms with E-state index >= 15 is 0 Å². The molecule has 0 radical (unpaired) electrons. The summed E-state index contributed by atoms with van der Waals surface area (Å²) in [5, 5.41) is 2.42. The number of hydrogen-bond acceptors (Lipinski definition) is 2. The normalized spacial score (nSPS) is 14.4. The van der Waals surface area contributed by atoms with E-state index in [1.54, 1.807) is 0 Å². The molecule has 2 aromatic heterocycles. The summed E-state index contributed by atoms with van der Waals surface area (Å²) in [6.45, 7) is 0. The molecule has 0 bridgehead atoms. The molecule has 0 atom stereocenters. The molecule has 1 saturated carbocycles. The van der Waals surface area contributed by atoms with Crippen LogP contribution in [0.2, 0.25) is 0 Å². The SMILES string of the molecule is CN(c1cc2ccccc2nc1-c1ccc2[nH]ccc2c1)C1CC1. The molecule has 0 aliphatic heterocycles. The highest BCUT2D eigenvalue weighted by molar-refractivity contribution is 5.92. The van der Waals surface area contributed by atoms with E-state index in [4.69, 9.17) is 4.98 Å². The monoisotopic (exact) mass is 313 g/mol. The van der Waals surface area contributed by atoms with Gasteiger partial charge >= 0.3 is 0 Å². The third-order valence-corrected chi connectivity index (χ3v) is 5.01. The van der Waals surface area contributed by atoms with Gasteiger partial charge in [0, 0.05) is 41.1 Å². The van der Waals surface area contributed by atoms with Gasteiger partial charge in [-0.1, -0.05) is 24.3 Å². The van der Waals surface area contributed by atoms with Crippen molar-refractivity contribution < 1.29 is 0 Å². The molecule has 2 heterocycles. The average Bonchev–Trinajstić information content (AvgIpc) is 3.37. The zero-order chi connectivity index (χ0) is 16.1. The van der Waals surface area contributed by atoms with Crippen molar-refractivity contribution in [2.24, 2.45) is 0 Å². The number of H-pyrrole nitrogens is 1. The summed E-state index contributed by atoms with van der Waals surface area (Å²) in [6, 6.07) is 20.0. The topological polar surface area (TPSA) is 31.9 Å². The minimum atomic E-state index is 0.655. The quantitative estimate of drug-likeness (QED) is 0.578. The van der Waals surface area contributed by atoms with E-state index in [1.165, 1.54) is 34.9 Å². The molecule has 1 aliphatic rings. The van der Waals surface area contributed by atoms with Gasteiger partial charge in [-0.2, -0.15) is 0 Å². The molecule has 1 fully saturated rings. The minimum Gasteiger partial charge on any atom is -0.370 e. The molecule has 0 saturated heterocycles. The first-order valence-corrected chi connectivity index (χ1v) is 8.50. The predicted molar refractivity (Wildman–Crippen MR) is 100 cm³/mol. The molecule has 4 aromatic rings. The van der Waals surface area contributed by atoms with Crippen molar-refractivity contribution in [2.75, 3.05) is 11.9 Å². The van der Waals surface area contributed by atoms with Crippen molar-refractivity contribution in [2.45, 2.75) is 18.9 Å². The molecule has 24 heavy (non-hydrogen) atoms. The standard InChI is InChI=1S/C21H19N3/c1-24(17-7-8-17)20-13-14-4-2-3-5-19(14)23-21(20)16-6-9-18-15(12-16)10-11-22-18/h2-6,9-13,17,22H,7-8H2,1H3. The first-order chi connectivity index (χ1) is 11.8. The Labute approximate surface area is 140 Å². The van der Waals surface area contributed by atoms with Crippen molar-refractivity contribution in [3.05, 3.63) is 60.8 Å².